The number of guanidine groups is 1. The maximum Gasteiger partial charge on any atom is 0.191 e. The molecule has 1 rings (SSSR count). The largest absolute Gasteiger partial charge is 0.356 e. The maximum absolute atomic E-state index is 4.24. The van der Waals surface area contributed by atoms with E-state index >= 15 is 0 Å². The van der Waals surface area contributed by atoms with Gasteiger partial charge in [-0.25, -0.2) is 0 Å². The van der Waals surface area contributed by atoms with Gasteiger partial charge in [0, 0.05) is 32.7 Å². The van der Waals surface area contributed by atoms with Gasteiger partial charge in [0.2, 0.25) is 0 Å². The van der Waals surface area contributed by atoms with Crippen molar-refractivity contribution in [1.29, 1.82) is 0 Å². The van der Waals surface area contributed by atoms with Crippen LogP contribution >= 0.6 is 0 Å². The molecule has 1 atom stereocenters. The average Bonchev–Trinajstić information content (AvgIpc) is 2.35. The third-order valence-corrected chi connectivity index (χ3v) is 3.53. The minimum atomic E-state index is 0.644. The molecule has 0 aromatic carbocycles. The number of aliphatic imine (C=N–C) groups is 1. The normalized spacial score (nSPS) is 22.3. The molecule has 1 aliphatic rings. The van der Waals surface area contributed by atoms with Crippen molar-refractivity contribution in [1.82, 2.24) is 15.5 Å². The van der Waals surface area contributed by atoms with Gasteiger partial charge in [-0.15, -0.1) is 0 Å². The zero-order valence-electron chi connectivity index (χ0n) is 12.5. The summed E-state index contributed by atoms with van der Waals surface area (Å²) in [4.78, 5) is 6.81. The molecule has 0 aromatic rings. The molecule has 1 aliphatic heterocycles. The lowest BCUT2D eigenvalue weighted by atomic mass is 10.0. The Balaban J connectivity index is 2.18. The van der Waals surface area contributed by atoms with Crippen LogP contribution < -0.4 is 10.6 Å². The van der Waals surface area contributed by atoms with E-state index in [0.29, 0.717) is 5.92 Å². The minimum Gasteiger partial charge on any atom is -0.356 e. The Morgan fingerprint density at radius 1 is 1.33 bits per heavy atom. The molecule has 0 aromatic heterocycles. The fraction of sp³-hybridized carbons (Fsp3) is 0.929. The predicted octanol–water partition coefficient (Wildman–Crippen LogP) is 1.68. The van der Waals surface area contributed by atoms with Crippen molar-refractivity contribution in [2.24, 2.45) is 10.9 Å². The van der Waals surface area contributed by atoms with Crippen LogP contribution in [0.15, 0.2) is 4.99 Å². The van der Waals surface area contributed by atoms with E-state index in [4.69, 9.17) is 0 Å². The molecule has 4 nitrogen and oxygen atoms in total. The monoisotopic (exact) mass is 254 g/mol. The molecule has 0 radical (unpaired) electrons. The standard InChI is InChI=1S/C14H30N4/c1-12(2)11-17-14(15-4)16-8-10-18-9-6-5-7-13(18)3/h12-13H,5-11H2,1-4H3,(H2,15,16,17). The summed E-state index contributed by atoms with van der Waals surface area (Å²) in [5.41, 5.74) is 0. The Hall–Kier alpha value is -0.770. The molecular weight excluding hydrogens is 224 g/mol. The maximum atomic E-state index is 4.24. The van der Waals surface area contributed by atoms with Gasteiger partial charge < -0.3 is 10.6 Å². The van der Waals surface area contributed by atoms with E-state index in [-0.39, 0.29) is 0 Å². The lowest BCUT2D eigenvalue weighted by Gasteiger charge is -2.33. The zero-order chi connectivity index (χ0) is 13.4. The van der Waals surface area contributed by atoms with E-state index in [9.17, 15) is 0 Å². The van der Waals surface area contributed by atoms with Gasteiger partial charge in [-0.05, 0) is 32.2 Å². The van der Waals surface area contributed by atoms with E-state index in [1.807, 2.05) is 7.05 Å². The van der Waals surface area contributed by atoms with E-state index in [1.54, 1.807) is 0 Å². The summed E-state index contributed by atoms with van der Waals surface area (Å²) in [5.74, 6) is 1.57. The van der Waals surface area contributed by atoms with Crippen molar-refractivity contribution in [2.75, 3.05) is 33.2 Å². The van der Waals surface area contributed by atoms with E-state index in [2.05, 4.69) is 41.3 Å². The first-order valence-electron chi connectivity index (χ1n) is 7.32. The molecule has 0 saturated carbocycles. The molecule has 2 N–H and O–H groups in total. The van der Waals surface area contributed by atoms with Gasteiger partial charge >= 0.3 is 0 Å². The van der Waals surface area contributed by atoms with Crippen molar-refractivity contribution in [3.8, 4) is 0 Å². The third-order valence-electron chi connectivity index (χ3n) is 3.53. The average molecular weight is 254 g/mol. The molecule has 0 bridgehead atoms. The molecule has 1 unspecified atom stereocenters. The highest BCUT2D eigenvalue weighted by atomic mass is 15.2. The highest BCUT2D eigenvalue weighted by molar-refractivity contribution is 5.79. The Morgan fingerprint density at radius 2 is 2.11 bits per heavy atom. The van der Waals surface area contributed by atoms with Crippen molar-refractivity contribution in [2.45, 2.75) is 46.1 Å². The quantitative estimate of drug-likeness (QED) is 0.579. The molecule has 0 amide bonds. The molecule has 18 heavy (non-hydrogen) atoms. The summed E-state index contributed by atoms with van der Waals surface area (Å²) < 4.78 is 0. The van der Waals surface area contributed by atoms with Gasteiger partial charge in [0.25, 0.3) is 0 Å². The highest BCUT2D eigenvalue weighted by Gasteiger charge is 2.17. The summed E-state index contributed by atoms with van der Waals surface area (Å²) >= 11 is 0. The van der Waals surface area contributed by atoms with E-state index in [1.165, 1.54) is 25.8 Å². The summed E-state index contributed by atoms with van der Waals surface area (Å²) in [6.45, 7) is 11.1. The van der Waals surface area contributed by atoms with Crippen LogP contribution in [0.4, 0.5) is 0 Å². The Morgan fingerprint density at radius 3 is 2.72 bits per heavy atom. The van der Waals surface area contributed by atoms with Crippen LogP contribution in [-0.4, -0.2) is 50.1 Å². The fourth-order valence-electron chi connectivity index (χ4n) is 2.33. The predicted molar refractivity (Wildman–Crippen MR) is 79.1 cm³/mol. The van der Waals surface area contributed by atoms with Crippen LogP contribution in [-0.2, 0) is 0 Å². The fourth-order valence-corrected chi connectivity index (χ4v) is 2.33. The molecule has 1 heterocycles. The summed E-state index contributed by atoms with van der Waals surface area (Å²) in [5, 5.41) is 6.73. The number of rotatable bonds is 5. The van der Waals surface area contributed by atoms with Crippen molar-refractivity contribution in [3.63, 3.8) is 0 Å². The number of likely N-dealkylation sites (tertiary alicyclic amines) is 1. The summed E-state index contributed by atoms with van der Waals surface area (Å²) in [6.07, 6.45) is 4.09. The Labute approximate surface area is 112 Å². The van der Waals surface area contributed by atoms with Gasteiger partial charge in [0.05, 0.1) is 0 Å². The molecule has 4 heteroatoms. The number of nitrogens with zero attached hydrogens (tertiary/aromatic N) is 2. The summed E-state index contributed by atoms with van der Waals surface area (Å²) in [7, 11) is 1.83. The Bertz CT molecular complexity index is 250. The molecule has 106 valence electrons. The van der Waals surface area contributed by atoms with Gasteiger partial charge in [-0.2, -0.15) is 0 Å². The smallest absolute Gasteiger partial charge is 0.191 e. The molecular formula is C14H30N4. The molecule has 0 spiro atoms. The first-order valence-corrected chi connectivity index (χ1v) is 7.32. The first kappa shape index (κ1) is 15.3. The number of hydrogen-bond donors (Lipinski definition) is 2. The molecule has 0 aliphatic carbocycles. The van der Waals surface area contributed by atoms with Gasteiger partial charge in [-0.1, -0.05) is 20.3 Å². The van der Waals surface area contributed by atoms with Crippen molar-refractivity contribution < 1.29 is 0 Å². The van der Waals surface area contributed by atoms with Crippen molar-refractivity contribution >= 4 is 5.96 Å². The second-order valence-corrected chi connectivity index (χ2v) is 5.65. The number of nitrogens with one attached hydrogen (secondary N) is 2. The zero-order valence-corrected chi connectivity index (χ0v) is 12.5. The van der Waals surface area contributed by atoms with Gasteiger partial charge in [-0.3, -0.25) is 9.89 Å². The second-order valence-electron chi connectivity index (χ2n) is 5.65. The lowest BCUT2D eigenvalue weighted by Crippen LogP contribution is -2.45. The van der Waals surface area contributed by atoms with E-state index in [0.717, 1.165) is 31.6 Å². The third kappa shape index (κ3) is 5.71. The van der Waals surface area contributed by atoms with Crippen LogP contribution in [0, 0.1) is 5.92 Å². The van der Waals surface area contributed by atoms with Crippen LogP contribution in [0.5, 0.6) is 0 Å². The van der Waals surface area contributed by atoms with Crippen LogP contribution in [0.2, 0.25) is 0 Å². The SMILES string of the molecule is CN=C(NCCN1CCCCC1C)NCC(C)C. The second kappa shape index (κ2) is 8.35. The topological polar surface area (TPSA) is 39.7 Å². The molecule has 1 saturated heterocycles. The van der Waals surface area contributed by atoms with E-state index < -0.39 is 0 Å². The van der Waals surface area contributed by atoms with Gasteiger partial charge in [0.15, 0.2) is 5.96 Å². The number of hydrogen-bond acceptors (Lipinski definition) is 2. The lowest BCUT2D eigenvalue weighted by molar-refractivity contribution is 0.163. The highest BCUT2D eigenvalue weighted by Crippen LogP contribution is 2.15. The minimum absolute atomic E-state index is 0.644. The van der Waals surface area contributed by atoms with Gasteiger partial charge in [0.1, 0.15) is 0 Å². The molecule has 1 fully saturated rings. The van der Waals surface area contributed by atoms with Crippen LogP contribution in [0.25, 0.3) is 0 Å². The first-order chi connectivity index (χ1) is 8.63. The summed E-state index contributed by atoms with van der Waals surface area (Å²) in [6, 6.07) is 0.742. The Kier molecular flexibility index (Phi) is 7.09. The number of piperidine rings is 1. The van der Waals surface area contributed by atoms with Crippen LogP contribution in [0.3, 0.4) is 0 Å². The van der Waals surface area contributed by atoms with Crippen molar-refractivity contribution in [3.05, 3.63) is 0 Å². The van der Waals surface area contributed by atoms with Crippen LogP contribution in [0.1, 0.15) is 40.0 Å².